The first-order valence-corrected chi connectivity index (χ1v) is 11.1. The molecule has 0 N–H and O–H groups in total. The van der Waals surface area contributed by atoms with Crippen molar-refractivity contribution < 1.29 is 0 Å². The molecule has 0 aliphatic rings. The van der Waals surface area contributed by atoms with E-state index in [4.69, 9.17) is 4.98 Å². The quantitative estimate of drug-likeness (QED) is 0.267. The fourth-order valence-electron chi connectivity index (χ4n) is 3.39. The van der Waals surface area contributed by atoms with Gasteiger partial charge >= 0.3 is 0 Å². The number of hydrogen-bond acceptors (Lipinski definition) is 3. The summed E-state index contributed by atoms with van der Waals surface area (Å²) in [6.45, 7) is 0. The van der Waals surface area contributed by atoms with Crippen molar-refractivity contribution in [2.75, 3.05) is 0 Å². The molecule has 2 heterocycles. The smallest absolute Gasteiger partial charge is 0.266 e. The van der Waals surface area contributed by atoms with Crippen LogP contribution >= 0.6 is 33.9 Å². The summed E-state index contributed by atoms with van der Waals surface area (Å²) in [4.78, 5) is 19.4. The summed E-state index contributed by atoms with van der Waals surface area (Å²) in [5.74, 6) is 0.618. The topological polar surface area (TPSA) is 34.9 Å². The van der Waals surface area contributed by atoms with Crippen LogP contribution < -0.4 is 5.56 Å². The van der Waals surface area contributed by atoms with Crippen LogP contribution in [0.1, 0.15) is 10.7 Å². The molecule has 29 heavy (non-hydrogen) atoms. The van der Waals surface area contributed by atoms with Gasteiger partial charge in [0, 0.05) is 8.45 Å². The van der Waals surface area contributed by atoms with Gasteiger partial charge in [-0.15, -0.1) is 11.3 Å². The average Bonchev–Trinajstić information content (AvgIpc) is 3.26. The molecular formula is C24H15IN2OS. The Labute approximate surface area is 185 Å². The monoisotopic (exact) mass is 506 g/mol. The maximum absolute atomic E-state index is 13.5. The van der Waals surface area contributed by atoms with Crippen molar-refractivity contribution in [1.82, 2.24) is 9.55 Å². The number of aromatic nitrogens is 2. The van der Waals surface area contributed by atoms with Crippen molar-refractivity contribution in [1.29, 1.82) is 0 Å². The molecule has 0 bridgehead atoms. The number of hydrogen-bond donors (Lipinski definition) is 0. The molecule has 3 nitrogen and oxygen atoms in total. The lowest BCUT2D eigenvalue weighted by atomic mass is 10.1. The van der Waals surface area contributed by atoms with Gasteiger partial charge in [-0.2, -0.15) is 0 Å². The number of rotatable bonds is 3. The zero-order valence-corrected chi connectivity index (χ0v) is 18.2. The summed E-state index contributed by atoms with van der Waals surface area (Å²) >= 11 is 3.88. The lowest BCUT2D eigenvalue weighted by Crippen LogP contribution is -2.22. The summed E-state index contributed by atoms with van der Waals surface area (Å²) in [6, 6.07) is 24.1. The van der Waals surface area contributed by atoms with Gasteiger partial charge in [0.05, 0.1) is 16.6 Å². The van der Waals surface area contributed by atoms with E-state index in [1.54, 1.807) is 15.9 Å². The highest BCUT2D eigenvalue weighted by Gasteiger charge is 2.12. The van der Waals surface area contributed by atoms with Crippen LogP contribution in [0, 0.1) is 3.57 Å². The van der Waals surface area contributed by atoms with Crippen LogP contribution in [0.4, 0.5) is 0 Å². The van der Waals surface area contributed by atoms with Gasteiger partial charge in [-0.05, 0) is 87.3 Å². The third-order valence-corrected chi connectivity index (χ3v) is 6.30. The highest BCUT2D eigenvalue weighted by Crippen LogP contribution is 2.22. The Bertz CT molecular complexity index is 1440. The molecule has 0 atom stereocenters. The Morgan fingerprint density at radius 1 is 0.897 bits per heavy atom. The van der Waals surface area contributed by atoms with Crippen LogP contribution in [0.3, 0.4) is 0 Å². The molecule has 0 saturated carbocycles. The van der Waals surface area contributed by atoms with Gasteiger partial charge in [0.25, 0.3) is 5.56 Å². The van der Waals surface area contributed by atoms with E-state index in [0.29, 0.717) is 16.7 Å². The van der Waals surface area contributed by atoms with Crippen molar-refractivity contribution in [3.05, 3.63) is 103 Å². The zero-order chi connectivity index (χ0) is 19.8. The number of nitrogens with zero attached hydrogens (tertiary/aromatic N) is 2. The molecule has 140 valence electrons. The lowest BCUT2D eigenvalue weighted by Gasteiger charge is -2.12. The first-order valence-electron chi connectivity index (χ1n) is 9.12. The van der Waals surface area contributed by atoms with Crippen LogP contribution in [0.15, 0.2) is 83.0 Å². The molecule has 2 aromatic heterocycles. The van der Waals surface area contributed by atoms with Crippen molar-refractivity contribution in [2.45, 2.75) is 0 Å². The van der Waals surface area contributed by atoms with E-state index in [-0.39, 0.29) is 5.56 Å². The predicted molar refractivity (Wildman–Crippen MR) is 131 cm³/mol. The molecule has 0 aliphatic carbocycles. The molecule has 0 amide bonds. The molecule has 5 heteroatoms. The third kappa shape index (κ3) is 3.52. The van der Waals surface area contributed by atoms with Gasteiger partial charge in [-0.3, -0.25) is 9.36 Å². The van der Waals surface area contributed by atoms with Crippen LogP contribution in [0.5, 0.6) is 0 Å². The Hall–Kier alpha value is -2.77. The molecule has 3 aromatic carbocycles. The van der Waals surface area contributed by atoms with Crippen LogP contribution in [0.25, 0.3) is 39.5 Å². The van der Waals surface area contributed by atoms with E-state index in [1.165, 1.54) is 0 Å². The van der Waals surface area contributed by atoms with Crippen LogP contribution in [-0.4, -0.2) is 9.55 Å². The summed E-state index contributed by atoms with van der Waals surface area (Å²) in [5.41, 5.74) is 1.46. The largest absolute Gasteiger partial charge is 0.268 e. The number of benzene rings is 3. The molecule has 0 fully saturated rings. The summed E-state index contributed by atoms with van der Waals surface area (Å²) in [5, 5.41) is 4.89. The van der Waals surface area contributed by atoms with E-state index >= 15 is 0 Å². The number of fused-ring (bicyclic) bond motifs is 2. The van der Waals surface area contributed by atoms with Crippen molar-refractivity contribution in [3.8, 4) is 5.69 Å². The van der Waals surface area contributed by atoms with Crippen molar-refractivity contribution >= 4 is 67.8 Å². The molecule has 0 aliphatic heterocycles. The molecule has 5 aromatic rings. The van der Waals surface area contributed by atoms with Crippen LogP contribution in [-0.2, 0) is 0 Å². The van der Waals surface area contributed by atoms with Gasteiger partial charge < -0.3 is 0 Å². The normalized spacial score (nSPS) is 11.6. The highest BCUT2D eigenvalue weighted by molar-refractivity contribution is 14.1. The van der Waals surface area contributed by atoms with E-state index in [0.717, 1.165) is 24.9 Å². The predicted octanol–water partition coefficient (Wildman–Crippen LogP) is 6.38. The SMILES string of the molecule is O=c1c2cc(I)ccc2nc(/C=C/c2cccs2)n1-c1ccc2ccccc2c1. The average molecular weight is 506 g/mol. The van der Waals surface area contributed by atoms with Gasteiger partial charge in [-0.1, -0.05) is 36.4 Å². The number of thiophene rings is 1. The Balaban J connectivity index is 1.79. The lowest BCUT2D eigenvalue weighted by molar-refractivity contribution is 0.945. The van der Waals surface area contributed by atoms with E-state index in [1.807, 2.05) is 78.2 Å². The first-order chi connectivity index (χ1) is 14.2. The van der Waals surface area contributed by atoms with E-state index < -0.39 is 0 Å². The zero-order valence-electron chi connectivity index (χ0n) is 15.2. The highest BCUT2D eigenvalue weighted by atomic mass is 127. The maximum Gasteiger partial charge on any atom is 0.266 e. The minimum absolute atomic E-state index is 0.0605. The molecule has 0 spiro atoms. The second-order valence-corrected chi connectivity index (χ2v) is 8.88. The Kier molecular flexibility index (Phi) is 4.77. The van der Waals surface area contributed by atoms with Gasteiger partial charge in [0.1, 0.15) is 5.82 Å². The second kappa shape index (κ2) is 7.57. The van der Waals surface area contributed by atoms with Crippen LogP contribution in [0.2, 0.25) is 0 Å². The molecule has 0 unspecified atom stereocenters. The van der Waals surface area contributed by atoms with E-state index in [2.05, 4.69) is 34.7 Å². The van der Waals surface area contributed by atoms with Gasteiger partial charge in [-0.25, -0.2) is 4.98 Å². The first kappa shape index (κ1) is 18.3. The second-order valence-electron chi connectivity index (χ2n) is 6.65. The number of halogens is 1. The third-order valence-electron chi connectivity index (χ3n) is 4.79. The van der Waals surface area contributed by atoms with Crippen molar-refractivity contribution in [3.63, 3.8) is 0 Å². The van der Waals surface area contributed by atoms with Gasteiger partial charge in [0.2, 0.25) is 0 Å². The van der Waals surface area contributed by atoms with E-state index in [9.17, 15) is 4.79 Å². The minimum Gasteiger partial charge on any atom is -0.268 e. The minimum atomic E-state index is -0.0605. The molecule has 0 radical (unpaired) electrons. The Morgan fingerprint density at radius 3 is 2.59 bits per heavy atom. The fraction of sp³-hybridized carbons (Fsp3) is 0. The maximum atomic E-state index is 13.5. The molecule has 0 saturated heterocycles. The standard InChI is InChI=1S/C24H15IN2OS/c25-18-8-11-22-21(15-18)24(28)27(23(26-22)12-10-20-6-3-13-29-20)19-9-7-16-4-1-2-5-17(16)14-19/h1-15H/b12-10+. The van der Waals surface area contributed by atoms with Crippen molar-refractivity contribution in [2.24, 2.45) is 0 Å². The molecule has 5 rings (SSSR count). The van der Waals surface area contributed by atoms with Gasteiger partial charge in [0.15, 0.2) is 0 Å². The summed E-state index contributed by atoms with van der Waals surface area (Å²) < 4.78 is 2.72. The summed E-state index contributed by atoms with van der Waals surface area (Å²) in [6.07, 6.45) is 3.92. The fourth-order valence-corrected chi connectivity index (χ4v) is 4.50. The summed E-state index contributed by atoms with van der Waals surface area (Å²) in [7, 11) is 0. The Morgan fingerprint density at radius 2 is 1.76 bits per heavy atom. The molecular weight excluding hydrogens is 491 g/mol.